The van der Waals surface area contributed by atoms with Crippen molar-refractivity contribution in [2.45, 2.75) is 0 Å². The lowest BCUT2D eigenvalue weighted by molar-refractivity contribution is 0.623. The second-order valence-corrected chi connectivity index (χ2v) is 13.8. The van der Waals surface area contributed by atoms with Gasteiger partial charge in [-0.3, -0.25) is 0 Å². The molecule has 0 N–H and O–H groups in total. The number of furan rings is 1. The quantitative estimate of drug-likeness (QED) is 0.189. The van der Waals surface area contributed by atoms with Crippen molar-refractivity contribution in [3.05, 3.63) is 158 Å². The highest BCUT2D eigenvalue weighted by atomic mass is 32.1. The van der Waals surface area contributed by atoms with Gasteiger partial charge in [0.05, 0.1) is 5.69 Å². The number of hydrogen-bond acceptors (Lipinski definition) is 5. The molecule has 3 heterocycles. The molecule has 234 valence electrons. The fourth-order valence-electron chi connectivity index (χ4n) is 7.63. The van der Waals surface area contributed by atoms with Gasteiger partial charge in [-0.05, 0) is 70.8 Å². The number of fused-ring (bicyclic) bond motifs is 11. The lowest BCUT2D eigenvalue weighted by Crippen LogP contribution is -2.10. The van der Waals surface area contributed by atoms with Crippen LogP contribution in [0.1, 0.15) is 0 Å². The number of thiophene rings is 1. The Hall–Kier alpha value is -6.43. The van der Waals surface area contributed by atoms with Crippen LogP contribution in [0.15, 0.2) is 167 Å². The van der Waals surface area contributed by atoms with Crippen LogP contribution in [0.5, 0.6) is 0 Å². The summed E-state index contributed by atoms with van der Waals surface area (Å²) < 4.78 is 15.7. The van der Waals surface area contributed by atoms with Gasteiger partial charge in [-0.1, -0.05) is 97.1 Å². The standard InChI is InChI=1S/C45H26N2O2S/c1-2-12-29(13-3-1)47(37-17-9-19-40-42(37)34-23-20-28-11-5-7-15-32(28)44(34)50-40)30-22-24-33-39(26-30)48-38-18-8-16-35(41(33)38)45-46-36-25-21-27-10-4-6-14-31(27)43(36)49-45/h1-26H. The maximum absolute atomic E-state index is 6.62. The zero-order valence-electron chi connectivity index (χ0n) is 26.6. The van der Waals surface area contributed by atoms with E-state index in [9.17, 15) is 0 Å². The van der Waals surface area contributed by atoms with E-state index in [-0.39, 0.29) is 0 Å². The third-order valence-electron chi connectivity index (χ3n) is 9.87. The first kappa shape index (κ1) is 27.5. The first-order chi connectivity index (χ1) is 24.8. The van der Waals surface area contributed by atoms with Crippen molar-refractivity contribution in [2.75, 3.05) is 4.90 Å². The number of benzene rings is 8. The van der Waals surface area contributed by atoms with Gasteiger partial charge in [-0.25, -0.2) is 4.98 Å². The predicted molar refractivity (Wildman–Crippen MR) is 209 cm³/mol. The van der Waals surface area contributed by atoms with Gasteiger partial charge in [0.25, 0.3) is 0 Å². The second-order valence-electron chi connectivity index (χ2n) is 12.7. The Labute approximate surface area is 290 Å². The Balaban J connectivity index is 1.12. The molecule has 5 heteroatoms. The Morgan fingerprint density at radius 3 is 2.16 bits per heavy atom. The van der Waals surface area contributed by atoms with Crippen LogP contribution in [0, 0.1) is 0 Å². The summed E-state index contributed by atoms with van der Waals surface area (Å²) in [6.07, 6.45) is 0. The maximum Gasteiger partial charge on any atom is 0.228 e. The van der Waals surface area contributed by atoms with E-state index in [1.54, 1.807) is 0 Å². The summed E-state index contributed by atoms with van der Waals surface area (Å²) in [5, 5.41) is 9.26. The molecular formula is C45H26N2O2S. The van der Waals surface area contributed by atoms with Crippen molar-refractivity contribution in [2.24, 2.45) is 0 Å². The van der Waals surface area contributed by atoms with E-state index in [2.05, 4.69) is 132 Å². The maximum atomic E-state index is 6.62. The van der Waals surface area contributed by atoms with Gasteiger partial charge in [0, 0.05) is 59.3 Å². The third kappa shape index (κ3) is 4.01. The Bertz CT molecular complexity index is 3120. The summed E-state index contributed by atoms with van der Waals surface area (Å²) in [5.41, 5.74) is 7.38. The molecular weight excluding hydrogens is 633 g/mol. The molecule has 11 rings (SSSR count). The highest BCUT2D eigenvalue weighted by molar-refractivity contribution is 7.26. The van der Waals surface area contributed by atoms with Gasteiger partial charge in [-0.15, -0.1) is 11.3 Å². The summed E-state index contributed by atoms with van der Waals surface area (Å²) >= 11 is 1.86. The van der Waals surface area contributed by atoms with Crippen molar-refractivity contribution < 1.29 is 8.83 Å². The Morgan fingerprint density at radius 1 is 0.500 bits per heavy atom. The number of para-hydroxylation sites is 1. The summed E-state index contributed by atoms with van der Waals surface area (Å²) in [7, 11) is 0. The molecule has 0 spiro atoms. The molecule has 0 aliphatic carbocycles. The van der Waals surface area contributed by atoms with Crippen LogP contribution < -0.4 is 4.90 Å². The molecule has 0 aliphatic heterocycles. The lowest BCUT2D eigenvalue weighted by atomic mass is 10.0. The molecule has 3 aromatic heterocycles. The summed E-state index contributed by atoms with van der Waals surface area (Å²) in [6, 6.07) is 55.4. The minimum Gasteiger partial charge on any atom is -0.456 e. The SMILES string of the molecule is c1ccc(N(c2ccc3c(c2)oc2cccc(-c4nc5ccc6ccccc6c5o4)c23)c2cccc3sc4c5ccccc5ccc4c23)cc1. The third-order valence-corrected chi connectivity index (χ3v) is 11.1. The smallest absolute Gasteiger partial charge is 0.228 e. The van der Waals surface area contributed by atoms with Gasteiger partial charge in [0.15, 0.2) is 5.58 Å². The number of aromatic nitrogens is 1. The number of hydrogen-bond donors (Lipinski definition) is 0. The monoisotopic (exact) mass is 658 g/mol. The van der Waals surface area contributed by atoms with Gasteiger partial charge >= 0.3 is 0 Å². The molecule has 0 bridgehead atoms. The zero-order chi connectivity index (χ0) is 32.8. The summed E-state index contributed by atoms with van der Waals surface area (Å²) in [6.45, 7) is 0. The highest BCUT2D eigenvalue weighted by Crippen LogP contribution is 2.47. The first-order valence-corrected chi connectivity index (χ1v) is 17.5. The molecule has 4 nitrogen and oxygen atoms in total. The van der Waals surface area contributed by atoms with Crippen molar-refractivity contribution in [3.8, 4) is 11.5 Å². The average Bonchev–Trinajstić information content (AvgIpc) is 3.89. The molecule has 0 aliphatic rings. The Kier molecular flexibility index (Phi) is 5.80. The summed E-state index contributed by atoms with van der Waals surface area (Å²) in [4.78, 5) is 7.30. The molecule has 0 unspecified atom stereocenters. The van der Waals surface area contributed by atoms with Crippen LogP contribution in [0.25, 0.3) is 86.2 Å². The van der Waals surface area contributed by atoms with Crippen LogP contribution in [-0.4, -0.2) is 4.98 Å². The van der Waals surface area contributed by atoms with Crippen LogP contribution in [0.3, 0.4) is 0 Å². The summed E-state index contributed by atoms with van der Waals surface area (Å²) in [5.74, 6) is 0.586. The van der Waals surface area contributed by atoms with Crippen LogP contribution in [0.2, 0.25) is 0 Å². The number of anilines is 3. The van der Waals surface area contributed by atoms with E-state index in [0.29, 0.717) is 5.89 Å². The number of rotatable bonds is 4. The van der Waals surface area contributed by atoms with E-state index < -0.39 is 0 Å². The van der Waals surface area contributed by atoms with E-state index in [0.717, 1.165) is 66.4 Å². The van der Waals surface area contributed by atoms with Crippen molar-refractivity contribution >= 4 is 103 Å². The van der Waals surface area contributed by atoms with E-state index in [1.165, 1.54) is 30.9 Å². The molecule has 11 aromatic rings. The predicted octanol–water partition coefficient (Wildman–Crippen LogP) is 13.5. The average molecular weight is 659 g/mol. The molecule has 0 amide bonds. The number of oxazole rings is 1. The molecule has 0 saturated carbocycles. The molecule has 0 saturated heterocycles. The number of nitrogens with zero attached hydrogens (tertiary/aromatic N) is 2. The van der Waals surface area contributed by atoms with Gasteiger partial charge in [-0.2, -0.15) is 0 Å². The Morgan fingerprint density at radius 2 is 1.26 bits per heavy atom. The van der Waals surface area contributed by atoms with Crippen molar-refractivity contribution in [1.82, 2.24) is 4.98 Å². The minimum atomic E-state index is 0.586. The van der Waals surface area contributed by atoms with Gasteiger partial charge in [0.2, 0.25) is 5.89 Å². The largest absolute Gasteiger partial charge is 0.456 e. The van der Waals surface area contributed by atoms with E-state index in [4.69, 9.17) is 13.8 Å². The minimum absolute atomic E-state index is 0.586. The molecule has 50 heavy (non-hydrogen) atoms. The molecule has 0 fully saturated rings. The molecule has 0 radical (unpaired) electrons. The van der Waals surface area contributed by atoms with E-state index >= 15 is 0 Å². The fraction of sp³-hybridized carbons (Fsp3) is 0. The fourth-order valence-corrected chi connectivity index (χ4v) is 8.89. The van der Waals surface area contributed by atoms with Crippen LogP contribution in [0.4, 0.5) is 17.1 Å². The lowest BCUT2D eigenvalue weighted by Gasteiger charge is -2.26. The second kappa shape index (κ2) is 10.5. The molecule has 0 atom stereocenters. The highest BCUT2D eigenvalue weighted by Gasteiger charge is 2.22. The topological polar surface area (TPSA) is 42.4 Å². The van der Waals surface area contributed by atoms with Gasteiger partial charge in [0.1, 0.15) is 16.7 Å². The zero-order valence-corrected chi connectivity index (χ0v) is 27.4. The van der Waals surface area contributed by atoms with Crippen molar-refractivity contribution in [3.63, 3.8) is 0 Å². The normalized spacial score (nSPS) is 12.0. The first-order valence-electron chi connectivity index (χ1n) is 16.7. The van der Waals surface area contributed by atoms with E-state index in [1.807, 2.05) is 41.7 Å². The van der Waals surface area contributed by atoms with Crippen molar-refractivity contribution in [1.29, 1.82) is 0 Å². The molecule has 8 aromatic carbocycles. The van der Waals surface area contributed by atoms with Gasteiger partial charge < -0.3 is 13.7 Å². The van der Waals surface area contributed by atoms with Crippen LogP contribution in [-0.2, 0) is 0 Å². The van der Waals surface area contributed by atoms with Crippen LogP contribution >= 0.6 is 11.3 Å².